The first-order valence-corrected chi connectivity index (χ1v) is 7.12. The Labute approximate surface area is 123 Å². The molecular weight excluding hydrogens is 270 g/mol. The molecule has 1 amide bonds. The van der Waals surface area contributed by atoms with Crippen molar-refractivity contribution < 1.29 is 14.7 Å². The first kappa shape index (κ1) is 15.3. The summed E-state index contributed by atoms with van der Waals surface area (Å²) in [5, 5.41) is 12.1. The van der Waals surface area contributed by atoms with Crippen molar-refractivity contribution in [3.8, 4) is 0 Å². The van der Waals surface area contributed by atoms with Gasteiger partial charge in [-0.2, -0.15) is 0 Å². The summed E-state index contributed by atoms with van der Waals surface area (Å²) < 4.78 is 0. The largest absolute Gasteiger partial charge is 0.481 e. The van der Waals surface area contributed by atoms with Crippen molar-refractivity contribution in [1.82, 2.24) is 5.32 Å². The molecular formula is C15H21N3O3. The van der Waals surface area contributed by atoms with Gasteiger partial charge in [0.2, 0.25) is 5.91 Å². The number of nitrogens with one attached hydrogen (secondary N) is 1. The fraction of sp³-hybridized carbons (Fsp3) is 0.467. The normalized spacial score (nSPS) is 15.9. The first-order chi connectivity index (χ1) is 10.1. The third kappa shape index (κ3) is 4.46. The highest BCUT2D eigenvalue weighted by molar-refractivity contribution is 5.76. The topological polar surface area (TPSA) is 95.7 Å². The smallest absolute Gasteiger partial charge is 0.307 e. The number of carboxylic acid groups (broad SMARTS) is 1. The number of benzene rings is 1. The fourth-order valence-corrected chi connectivity index (χ4v) is 2.70. The van der Waals surface area contributed by atoms with Gasteiger partial charge in [-0.25, -0.2) is 0 Å². The molecule has 4 N–H and O–H groups in total. The maximum absolute atomic E-state index is 10.9. The van der Waals surface area contributed by atoms with E-state index in [2.05, 4.69) is 10.2 Å². The van der Waals surface area contributed by atoms with Crippen LogP contribution in [0.2, 0.25) is 0 Å². The third-order valence-electron chi connectivity index (χ3n) is 3.73. The van der Waals surface area contributed by atoms with Crippen LogP contribution in [0, 0.1) is 0 Å². The van der Waals surface area contributed by atoms with E-state index in [0.29, 0.717) is 6.04 Å². The van der Waals surface area contributed by atoms with Crippen LogP contribution in [0.15, 0.2) is 24.3 Å². The number of anilines is 1. The predicted octanol–water partition coefficient (Wildman–Crippen LogP) is 0.357. The average Bonchev–Trinajstić information content (AvgIpc) is 2.46. The van der Waals surface area contributed by atoms with Gasteiger partial charge in [-0.1, -0.05) is 18.2 Å². The summed E-state index contributed by atoms with van der Waals surface area (Å²) in [7, 11) is 0. The number of carbonyl (C=O) groups is 2. The first-order valence-electron chi connectivity index (χ1n) is 7.12. The minimum Gasteiger partial charge on any atom is -0.481 e. The van der Waals surface area contributed by atoms with Gasteiger partial charge in [-0.05, 0) is 24.5 Å². The monoisotopic (exact) mass is 291 g/mol. The molecule has 0 aromatic heterocycles. The zero-order chi connectivity index (χ0) is 15.2. The summed E-state index contributed by atoms with van der Waals surface area (Å²) >= 11 is 0. The molecule has 0 aliphatic carbocycles. The van der Waals surface area contributed by atoms with Crippen LogP contribution in [0.1, 0.15) is 18.4 Å². The molecule has 0 atom stereocenters. The summed E-state index contributed by atoms with van der Waals surface area (Å²) in [6.45, 7) is 1.89. The molecule has 1 aromatic rings. The van der Waals surface area contributed by atoms with Crippen LogP contribution >= 0.6 is 0 Å². The lowest BCUT2D eigenvalue weighted by atomic mass is 10.0. The molecule has 1 aliphatic rings. The Morgan fingerprint density at radius 3 is 2.57 bits per heavy atom. The van der Waals surface area contributed by atoms with Gasteiger partial charge in [0.25, 0.3) is 0 Å². The number of hydrogen-bond donors (Lipinski definition) is 3. The Morgan fingerprint density at radius 1 is 1.29 bits per heavy atom. The summed E-state index contributed by atoms with van der Waals surface area (Å²) in [4.78, 5) is 23.9. The van der Waals surface area contributed by atoms with Gasteiger partial charge in [-0.3, -0.25) is 9.59 Å². The lowest BCUT2D eigenvalue weighted by Gasteiger charge is -2.35. The molecule has 114 valence electrons. The van der Waals surface area contributed by atoms with Gasteiger partial charge in [-0.15, -0.1) is 0 Å². The number of para-hydroxylation sites is 1. The van der Waals surface area contributed by atoms with Crippen LogP contribution in [0.25, 0.3) is 0 Å². The predicted molar refractivity (Wildman–Crippen MR) is 80.2 cm³/mol. The van der Waals surface area contributed by atoms with E-state index in [4.69, 9.17) is 10.8 Å². The van der Waals surface area contributed by atoms with Crippen LogP contribution in [0.5, 0.6) is 0 Å². The number of piperidine rings is 1. The van der Waals surface area contributed by atoms with Crippen LogP contribution in [0.3, 0.4) is 0 Å². The Morgan fingerprint density at radius 2 is 1.95 bits per heavy atom. The molecule has 1 heterocycles. The van der Waals surface area contributed by atoms with E-state index in [0.717, 1.165) is 37.2 Å². The van der Waals surface area contributed by atoms with Crippen molar-refractivity contribution in [3.05, 3.63) is 29.8 Å². The molecule has 0 spiro atoms. The van der Waals surface area contributed by atoms with Crippen molar-refractivity contribution in [3.63, 3.8) is 0 Å². The van der Waals surface area contributed by atoms with Gasteiger partial charge in [0.15, 0.2) is 0 Å². The maximum atomic E-state index is 10.9. The Bertz CT molecular complexity index is 511. The highest BCUT2D eigenvalue weighted by Gasteiger charge is 2.21. The molecule has 0 bridgehead atoms. The molecule has 1 fully saturated rings. The number of rotatable bonds is 6. The minimum absolute atomic E-state index is 0.0377. The standard InChI is InChI=1S/C15H21N3O3/c16-14(19)10-17-12-5-7-18(8-6-12)13-4-2-1-3-11(13)9-15(20)21/h1-4,12,17H,5-10H2,(H2,16,19)(H,20,21). The Kier molecular flexibility index (Phi) is 5.16. The third-order valence-corrected chi connectivity index (χ3v) is 3.73. The number of nitrogens with zero attached hydrogens (tertiary/aromatic N) is 1. The summed E-state index contributed by atoms with van der Waals surface area (Å²) in [6, 6.07) is 7.91. The summed E-state index contributed by atoms with van der Waals surface area (Å²) in [5.74, 6) is -1.16. The number of primary amides is 1. The van der Waals surface area contributed by atoms with Gasteiger partial charge in [0.05, 0.1) is 13.0 Å². The summed E-state index contributed by atoms with van der Waals surface area (Å²) in [5.41, 5.74) is 6.96. The van der Waals surface area contributed by atoms with E-state index in [1.807, 2.05) is 24.3 Å². The van der Waals surface area contributed by atoms with E-state index in [-0.39, 0.29) is 18.9 Å². The number of carbonyl (C=O) groups excluding carboxylic acids is 1. The van der Waals surface area contributed by atoms with Crippen molar-refractivity contribution in [1.29, 1.82) is 0 Å². The Balaban J connectivity index is 1.96. The second-order valence-corrected chi connectivity index (χ2v) is 5.31. The van der Waals surface area contributed by atoms with E-state index in [1.165, 1.54) is 0 Å². The highest BCUT2D eigenvalue weighted by Crippen LogP contribution is 2.24. The van der Waals surface area contributed by atoms with E-state index in [9.17, 15) is 9.59 Å². The van der Waals surface area contributed by atoms with Gasteiger partial charge in [0.1, 0.15) is 0 Å². The van der Waals surface area contributed by atoms with Crippen LogP contribution in [-0.2, 0) is 16.0 Å². The van der Waals surface area contributed by atoms with Gasteiger partial charge in [0, 0.05) is 24.8 Å². The van der Waals surface area contributed by atoms with E-state index in [1.54, 1.807) is 0 Å². The fourth-order valence-electron chi connectivity index (χ4n) is 2.70. The number of nitrogens with two attached hydrogens (primary N) is 1. The van der Waals surface area contributed by atoms with Crippen molar-refractivity contribution >= 4 is 17.6 Å². The average molecular weight is 291 g/mol. The molecule has 0 saturated carbocycles. The van der Waals surface area contributed by atoms with Crippen LogP contribution in [0.4, 0.5) is 5.69 Å². The maximum Gasteiger partial charge on any atom is 0.307 e. The van der Waals surface area contributed by atoms with Crippen LogP contribution in [-0.4, -0.2) is 42.7 Å². The molecule has 21 heavy (non-hydrogen) atoms. The van der Waals surface area contributed by atoms with E-state index < -0.39 is 5.97 Å². The van der Waals surface area contributed by atoms with Crippen molar-refractivity contribution in [2.75, 3.05) is 24.5 Å². The van der Waals surface area contributed by atoms with Crippen molar-refractivity contribution in [2.45, 2.75) is 25.3 Å². The highest BCUT2D eigenvalue weighted by atomic mass is 16.4. The lowest BCUT2D eigenvalue weighted by molar-refractivity contribution is -0.136. The zero-order valence-corrected chi connectivity index (χ0v) is 11.9. The quantitative estimate of drug-likeness (QED) is 0.703. The zero-order valence-electron chi connectivity index (χ0n) is 11.9. The second kappa shape index (κ2) is 7.08. The number of carboxylic acids is 1. The van der Waals surface area contributed by atoms with Gasteiger partial charge >= 0.3 is 5.97 Å². The molecule has 0 radical (unpaired) electrons. The van der Waals surface area contributed by atoms with E-state index >= 15 is 0 Å². The molecule has 2 rings (SSSR count). The molecule has 0 unspecified atom stereocenters. The van der Waals surface area contributed by atoms with Gasteiger partial charge < -0.3 is 21.1 Å². The molecule has 6 nitrogen and oxygen atoms in total. The lowest BCUT2D eigenvalue weighted by Crippen LogP contribution is -2.45. The van der Waals surface area contributed by atoms with Crippen molar-refractivity contribution in [2.24, 2.45) is 5.73 Å². The molecule has 1 aromatic carbocycles. The molecule has 6 heteroatoms. The summed E-state index contributed by atoms with van der Waals surface area (Å²) in [6.07, 6.45) is 1.86. The minimum atomic E-state index is -0.819. The molecule has 1 aliphatic heterocycles. The SMILES string of the molecule is NC(=O)CNC1CCN(c2ccccc2CC(=O)O)CC1. The second-order valence-electron chi connectivity index (χ2n) is 5.31. The molecule has 1 saturated heterocycles. The number of aliphatic carboxylic acids is 1. The van der Waals surface area contributed by atoms with Crippen LogP contribution < -0.4 is 16.0 Å². The number of hydrogen-bond acceptors (Lipinski definition) is 4. The Hall–Kier alpha value is -2.08. The number of amides is 1.